The predicted octanol–water partition coefficient (Wildman–Crippen LogP) is 1.12. The molecule has 1 aromatic rings. The molecule has 0 aliphatic heterocycles. The highest BCUT2D eigenvalue weighted by Gasteiger charge is 2.32. The largest absolute Gasteiger partial charge is 0.350 e. The van der Waals surface area contributed by atoms with Gasteiger partial charge in [0.1, 0.15) is 0 Å². The summed E-state index contributed by atoms with van der Waals surface area (Å²) in [5.41, 5.74) is 6.07. The summed E-state index contributed by atoms with van der Waals surface area (Å²) in [4.78, 5) is 12.1. The van der Waals surface area contributed by atoms with Crippen molar-refractivity contribution in [2.24, 2.45) is 5.73 Å². The first-order valence-electron chi connectivity index (χ1n) is 6.17. The molecule has 3 N–H and O–H groups in total. The van der Waals surface area contributed by atoms with E-state index in [-0.39, 0.29) is 28.7 Å². The molecule has 0 unspecified atom stereocenters. The monoisotopic (exact) mass is 318 g/mol. The molecule has 1 aliphatic carbocycles. The Hall–Kier alpha value is -1.11. The highest BCUT2D eigenvalue weighted by molar-refractivity contribution is 7.90. The Bertz CT molecular complexity index is 597. The van der Waals surface area contributed by atoms with Crippen LogP contribution in [-0.2, 0) is 9.84 Å². The van der Waals surface area contributed by atoms with E-state index in [4.69, 9.17) is 5.73 Å². The molecule has 0 atom stereocenters. The maximum absolute atomic E-state index is 11.9. The smallest absolute Gasteiger partial charge is 0.251 e. The number of benzene rings is 1. The Morgan fingerprint density at radius 1 is 1.40 bits per heavy atom. The van der Waals surface area contributed by atoms with Gasteiger partial charge in [0.2, 0.25) is 0 Å². The van der Waals surface area contributed by atoms with Gasteiger partial charge in [0.05, 0.1) is 4.90 Å². The van der Waals surface area contributed by atoms with E-state index in [0.29, 0.717) is 12.1 Å². The van der Waals surface area contributed by atoms with Crippen LogP contribution in [0.2, 0.25) is 0 Å². The Kier molecular flexibility index (Phi) is 5.18. The molecule has 112 valence electrons. The zero-order chi connectivity index (χ0) is 14.1. The molecular weight excluding hydrogens is 300 g/mol. The van der Waals surface area contributed by atoms with E-state index in [1.165, 1.54) is 12.1 Å². The lowest BCUT2D eigenvalue weighted by atomic mass is 9.78. The normalized spacial score (nSPS) is 16.7. The summed E-state index contributed by atoms with van der Waals surface area (Å²) in [6, 6.07) is 6.01. The van der Waals surface area contributed by atoms with Gasteiger partial charge in [-0.1, -0.05) is 6.07 Å². The van der Waals surface area contributed by atoms with E-state index in [1.807, 2.05) is 0 Å². The molecule has 0 heterocycles. The second-order valence-electron chi connectivity index (χ2n) is 5.20. The molecular formula is C13H19ClN2O3S. The summed E-state index contributed by atoms with van der Waals surface area (Å²) < 4.78 is 22.9. The van der Waals surface area contributed by atoms with Crippen molar-refractivity contribution in [2.45, 2.75) is 29.7 Å². The standard InChI is InChI=1S/C13H18N2O3S.ClH/c1-19(17,18)11-5-2-4-10(8-11)12(16)15-9-13(14)6-3-7-13;/h2,4-5,8H,3,6-7,9,14H2,1H3,(H,15,16);1H. The Balaban J connectivity index is 0.00000200. The minimum absolute atomic E-state index is 0. The third kappa shape index (κ3) is 3.94. The lowest BCUT2D eigenvalue weighted by Gasteiger charge is -2.38. The summed E-state index contributed by atoms with van der Waals surface area (Å²) in [6.45, 7) is 0.426. The minimum atomic E-state index is -3.30. The van der Waals surface area contributed by atoms with Crippen LogP contribution >= 0.6 is 12.4 Å². The van der Waals surface area contributed by atoms with Crippen LogP contribution in [0.4, 0.5) is 0 Å². The van der Waals surface area contributed by atoms with Crippen molar-refractivity contribution in [1.29, 1.82) is 0 Å². The number of carbonyl (C=O) groups is 1. The highest BCUT2D eigenvalue weighted by atomic mass is 35.5. The fourth-order valence-electron chi connectivity index (χ4n) is 2.03. The number of hydrogen-bond acceptors (Lipinski definition) is 4. The van der Waals surface area contributed by atoms with Crippen LogP contribution < -0.4 is 11.1 Å². The second kappa shape index (κ2) is 6.11. The second-order valence-corrected chi connectivity index (χ2v) is 7.21. The van der Waals surface area contributed by atoms with Gasteiger partial charge >= 0.3 is 0 Å². The molecule has 1 saturated carbocycles. The van der Waals surface area contributed by atoms with Gasteiger partial charge in [-0.05, 0) is 37.5 Å². The molecule has 0 spiro atoms. The molecule has 0 saturated heterocycles. The van der Waals surface area contributed by atoms with Crippen LogP contribution in [-0.4, -0.2) is 32.7 Å². The Labute approximate surface area is 125 Å². The number of sulfone groups is 1. The van der Waals surface area contributed by atoms with E-state index in [9.17, 15) is 13.2 Å². The van der Waals surface area contributed by atoms with Crippen molar-refractivity contribution >= 4 is 28.2 Å². The average Bonchev–Trinajstić information content (AvgIpc) is 2.33. The predicted molar refractivity (Wildman–Crippen MR) is 79.9 cm³/mol. The van der Waals surface area contributed by atoms with Crippen molar-refractivity contribution in [1.82, 2.24) is 5.32 Å². The number of hydrogen-bond donors (Lipinski definition) is 2. The molecule has 20 heavy (non-hydrogen) atoms. The van der Waals surface area contributed by atoms with Gasteiger partial charge in [-0.3, -0.25) is 4.79 Å². The van der Waals surface area contributed by atoms with Crippen molar-refractivity contribution in [3.8, 4) is 0 Å². The summed E-state index contributed by atoms with van der Waals surface area (Å²) >= 11 is 0. The molecule has 0 radical (unpaired) electrons. The van der Waals surface area contributed by atoms with Crippen LogP contribution in [0, 0.1) is 0 Å². The quantitative estimate of drug-likeness (QED) is 0.870. The van der Waals surface area contributed by atoms with Crippen molar-refractivity contribution < 1.29 is 13.2 Å². The van der Waals surface area contributed by atoms with E-state index in [1.54, 1.807) is 12.1 Å². The third-order valence-corrected chi connectivity index (χ3v) is 4.58. The first-order chi connectivity index (χ1) is 8.80. The highest BCUT2D eigenvalue weighted by Crippen LogP contribution is 2.28. The van der Waals surface area contributed by atoms with Gasteiger partial charge in [0.15, 0.2) is 9.84 Å². The van der Waals surface area contributed by atoms with E-state index in [0.717, 1.165) is 25.5 Å². The van der Waals surface area contributed by atoms with Crippen LogP contribution in [0.5, 0.6) is 0 Å². The van der Waals surface area contributed by atoms with Crippen molar-refractivity contribution in [3.05, 3.63) is 29.8 Å². The summed E-state index contributed by atoms with van der Waals surface area (Å²) in [5, 5.41) is 2.76. The molecule has 7 heteroatoms. The van der Waals surface area contributed by atoms with E-state index >= 15 is 0 Å². The molecule has 5 nitrogen and oxygen atoms in total. The Morgan fingerprint density at radius 3 is 2.55 bits per heavy atom. The maximum Gasteiger partial charge on any atom is 0.251 e. The first kappa shape index (κ1) is 16.9. The summed E-state index contributed by atoms with van der Waals surface area (Å²) in [7, 11) is -3.30. The van der Waals surface area contributed by atoms with Gasteiger partial charge in [-0.2, -0.15) is 0 Å². The fourth-order valence-corrected chi connectivity index (χ4v) is 2.70. The number of carbonyl (C=O) groups excluding carboxylic acids is 1. The summed E-state index contributed by atoms with van der Waals surface area (Å²) in [5.74, 6) is -0.290. The lowest BCUT2D eigenvalue weighted by molar-refractivity contribution is 0.0929. The SMILES string of the molecule is CS(=O)(=O)c1cccc(C(=O)NCC2(N)CCC2)c1.Cl. The van der Waals surface area contributed by atoms with Crippen LogP contribution in [0.3, 0.4) is 0 Å². The van der Waals surface area contributed by atoms with Gasteiger partial charge in [-0.15, -0.1) is 12.4 Å². The van der Waals surface area contributed by atoms with Crippen LogP contribution in [0.1, 0.15) is 29.6 Å². The Morgan fingerprint density at radius 2 is 2.05 bits per heavy atom. The van der Waals surface area contributed by atoms with Gasteiger partial charge in [0, 0.05) is 23.9 Å². The zero-order valence-corrected chi connectivity index (χ0v) is 12.9. The lowest BCUT2D eigenvalue weighted by Crippen LogP contribution is -2.54. The maximum atomic E-state index is 11.9. The van der Waals surface area contributed by atoms with Gasteiger partial charge < -0.3 is 11.1 Å². The van der Waals surface area contributed by atoms with Gasteiger partial charge in [0.25, 0.3) is 5.91 Å². The molecule has 1 aromatic carbocycles. The molecule has 2 rings (SSSR count). The number of halogens is 1. The molecule has 0 bridgehead atoms. The average molecular weight is 319 g/mol. The molecule has 0 aromatic heterocycles. The topological polar surface area (TPSA) is 89.3 Å². The van der Waals surface area contributed by atoms with E-state index < -0.39 is 9.84 Å². The first-order valence-corrected chi connectivity index (χ1v) is 8.07. The third-order valence-electron chi connectivity index (χ3n) is 3.47. The van der Waals surface area contributed by atoms with Crippen molar-refractivity contribution in [2.75, 3.05) is 12.8 Å². The summed E-state index contributed by atoms with van der Waals surface area (Å²) in [6.07, 6.45) is 4.04. The van der Waals surface area contributed by atoms with Crippen molar-refractivity contribution in [3.63, 3.8) is 0 Å². The number of rotatable bonds is 4. The number of nitrogens with one attached hydrogen (secondary N) is 1. The number of nitrogens with two attached hydrogens (primary N) is 1. The van der Waals surface area contributed by atoms with Crippen LogP contribution in [0.25, 0.3) is 0 Å². The zero-order valence-electron chi connectivity index (χ0n) is 11.3. The van der Waals surface area contributed by atoms with Gasteiger partial charge in [-0.25, -0.2) is 8.42 Å². The molecule has 1 fully saturated rings. The fraction of sp³-hybridized carbons (Fsp3) is 0.462. The number of amides is 1. The van der Waals surface area contributed by atoms with E-state index in [2.05, 4.69) is 5.32 Å². The minimum Gasteiger partial charge on any atom is -0.350 e. The van der Waals surface area contributed by atoms with Crippen LogP contribution in [0.15, 0.2) is 29.2 Å². The molecule has 1 aliphatic rings. The molecule has 1 amide bonds.